The van der Waals surface area contributed by atoms with Gasteiger partial charge in [-0.1, -0.05) is 25.9 Å². The van der Waals surface area contributed by atoms with Crippen molar-refractivity contribution in [2.24, 2.45) is 0 Å². The van der Waals surface area contributed by atoms with Gasteiger partial charge in [-0.3, -0.25) is 9.51 Å². The normalized spacial score (nSPS) is 11.6. The minimum absolute atomic E-state index is 0.143. The molecule has 0 saturated heterocycles. The Morgan fingerprint density at radius 3 is 2.67 bits per heavy atom. The van der Waals surface area contributed by atoms with Gasteiger partial charge in [-0.15, -0.1) is 0 Å². The lowest BCUT2D eigenvalue weighted by Gasteiger charge is -2.10. The summed E-state index contributed by atoms with van der Waals surface area (Å²) in [4.78, 5) is 8.29. The molecule has 0 aromatic carbocycles. The molecule has 0 unspecified atom stereocenters. The van der Waals surface area contributed by atoms with Crippen LogP contribution in [0.2, 0.25) is 0 Å². The summed E-state index contributed by atoms with van der Waals surface area (Å²) in [6.07, 6.45) is 3.75. The second-order valence-electron chi connectivity index (χ2n) is 5.29. The summed E-state index contributed by atoms with van der Waals surface area (Å²) >= 11 is 0. The quantitative estimate of drug-likeness (QED) is 0.834. The average molecular weight is 247 g/mol. The predicted octanol–water partition coefficient (Wildman–Crippen LogP) is 2.65. The SMILES string of the molecule is Cc1cncc(COc2nc(C(C)(C)C)no2)c1. The van der Waals surface area contributed by atoms with Crippen molar-refractivity contribution in [2.75, 3.05) is 0 Å². The van der Waals surface area contributed by atoms with E-state index in [4.69, 9.17) is 9.26 Å². The van der Waals surface area contributed by atoms with E-state index in [-0.39, 0.29) is 11.5 Å². The summed E-state index contributed by atoms with van der Waals surface area (Å²) in [6, 6.07) is 2.01. The van der Waals surface area contributed by atoms with E-state index >= 15 is 0 Å². The Bertz CT molecular complexity index is 529. The maximum absolute atomic E-state index is 5.44. The van der Waals surface area contributed by atoms with Gasteiger partial charge in [0.15, 0.2) is 5.82 Å². The zero-order valence-corrected chi connectivity index (χ0v) is 11.1. The fraction of sp³-hybridized carbons (Fsp3) is 0.462. The Labute approximate surface area is 106 Å². The average Bonchev–Trinajstić information content (AvgIpc) is 2.74. The maximum Gasteiger partial charge on any atom is 0.417 e. The number of aryl methyl sites for hydroxylation is 1. The zero-order valence-electron chi connectivity index (χ0n) is 11.1. The van der Waals surface area contributed by atoms with Crippen LogP contribution in [0, 0.1) is 6.92 Å². The lowest BCUT2D eigenvalue weighted by atomic mass is 9.96. The Hall–Kier alpha value is -1.91. The summed E-state index contributed by atoms with van der Waals surface area (Å²) in [7, 11) is 0. The van der Waals surface area contributed by atoms with Gasteiger partial charge in [-0.2, -0.15) is 4.98 Å². The molecule has 0 radical (unpaired) electrons. The maximum atomic E-state index is 5.44. The van der Waals surface area contributed by atoms with E-state index in [9.17, 15) is 0 Å². The highest BCUT2D eigenvalue weighted by molar-refractivity contribution is 5.16. The standard InChI is InChI=1S/C13H17N3O2/c1-9-5-10(7-14-6-9)8-17-12-15-11(16-18-12)13(2,3)4/h5-7H,8H2,1-4H3. The van der Waals surface area contributed by atoms with Crippen LogP contribution in [0.3, 0.4) is 0 Å². The molecule has 96 valence electrons. The van der Waals surface area contributed by atoms with E-state index in [0.717, 1.165) is 11.1 Å². The number of ether oxygens (including phenoxy) is 1. The van der Waals surface area contributed by atoms with Crippen LogP contribution in [-0.4, -0.2) is 15.1 Å². The van der Waals surface area contributed by atoms with Gasteiger partial charge in [0.2, 0.25) is 0 Å². The minimum Gasteiger partial charge on any atom is -0.444 e. The van der Waals surface area contributed by atoms with Gasteiger partial charge in [0.05, 0.1) is 0 Å². The molecule has 2 aromatic heterocycles. The number of nitrogens with zero attached hydrogens (tertiary/aromatic N) is 3. The smallest absolute Gasteiger partial charge is 0.417 e. The van der Waals surface area contributed by atoms with Crippen molar-refractivity contribution in [1.82, 2.24) is 15.1 Å². The second-order valence-corrected chi connectivity index (χ2v) is 5.29. The van der Waals surface area contributed by atoms with Gasteiger partial charge in [0.25, 0.3) is 0 Å². The minimum atomic E-state index is -0.143. The van der Waals surface area contributed by atoms with Crippen molar-refractivity contribution < 1.29 is 9.26 Å². The van der Waals surface area contributed by atoms with Crippen LogP contribution < -0.4 is 4.74 Å². The zero-order chi connectivity index (χ0) is 13.2. The third-order valence-electron chi connectivity index (χ3n) is 2.37. The molecule has 5 nitrogen and oxygen atoms in total. The monoisotopic (exact) mass is 247 g/mol. The highest BCUT2D eigenvalue weighted by Gasteiger charge is 2.21. The third-order valence-corrected chi connectivity index (χ3v) is 2.37. The molecule has 2 rings (SSSR count). The highest BCUT2D eigenvalue weighted by Crippen LogP contribution is 2.21. The van der Waals surface area contributed by atoms with Gasteiger partial charge in [0.1, 0.15) is 6.61 Å². The van der Waals surface area contributed by atoms with Gasteiger partial charge < -0.3 is 4.74 Å². The van der Waals surface area contributed by atoms with Gasteiger partial charge in [-0.05, 0) is 18.6 Å². The summed E-state index contributed by atoms with van der Waals surface area (Å²) in [5, 5.41) is 3.89. The summed E-state index contributed by atoms with van der Waals surface area (Å²) in [6.45, 7) is 8.42. The first kappa shape index (κ1) is 12.5. The van der Waals surface area contributed by atoms with E-state index in [2.05, 4.69) is 15.1 Å². The van der Waals surface area contributed by atoms with Crippen LogP contribution in [0.15, 0.2) is 23.0 Å². The van der Waals surface area contributed by atoms with E-state index < -0.39 is 0 Å². The van der Waals surface area contributed by atoms with Crippen molar-refractivity contribution >= 4 is 0 Å². The molecule has 0 aliphatic rings. The first-order valence-corrected chi connectivity index (χ1v) is 5.82. The molecule has 2 heterocycles. The molecule has 0 fully saturated rings. The van der Waals surface area contributed by atoms with Crippen LogP contribution in [0.25, 0.3) is 0 Å². The van der Waals surface area contributed by atoms with E-state index in [1.165, 1.54) is 0 Å². The molecule has 0 saturated carbocycles. The molecule has 0 spiro atoms. The highest BCUT2D eigenvalue weighted by atomic mass is 16.6. The first-order chi connectivity index (χ1) is 8.45. The van der Waals surface area contributed by atoms with Crippen molar-refractivity contribution in [3.63, 3.8) is 0 Å². The topological polar surface area (TPSA) is 61.0 Å². The number of pyridine rings is 1. The number of hydrogen-bond acceptors (Lipinski definition) is 5. The number of rotatable bonds is 3. The van der Waals surface area contributed by atoms with E-state index in [0.29, 0.717) is 12.4 Å². The molecular formula is C13H17N3O2. The van der Waals surface area contributed by atoms with Crippen LogP contribution in [0.4, 0.5) is 0 Å². The summed E-state index contributed by atoms with van der Waals surface area (Å²) in [5.74, 6) is 0.639. The molecule has 0 amide bonds. The van der Waals surface area contributed by atoms with Crippen molar-refractivity contribution in [2.45, 2.75) is 39.7 Å². The molecule has 0 atom stereocenters. The molecule has 0 bridgehead atoms. The Kier molecular flexibility index (Phi) is 3.32. The Balaban J connectivity index is 2.01. The molecule has 2 aromatic rings. The van der Waals surface area contributed by atoms with Crippen molar-refractivity contribution in [3.05, 3.63) is 35.4 Å². The van der Waals surface area contributed by atoms with Crippen LogP contribution in [0.1, 0.15) is 37.7 Å². The van der Waals surface area contributed by atoms with Crippen LogP contribution in [0.5, 0.6) is 6.08 Å². The van der Waals surface area contributed by atoms with Crippen LogP contribution >= 0.6 is 0 Å². The molecule has 5 heteroatoms. The molecular weight excluding hydrogens is 230 g/mol. The molecule has 0 aliphatic heterocycles. The van der Waals surface area contributed by atoms with Crippen molar-refractivity contribution in [1.29, 1.82) is 0 Å². The second kappa shape index (κ2) is 4.76. The van der Waals surface area contributed by atoms with Gasteiger partial charge in [0, 0.05) is 23.4 Å². The summed E-state index contributed by atoms with van der Waals surface area (Å²) in [5.41, 5.74) is 1.93. The molecule has 0 aliphatic carbocycles. The van der Waals surface area contributed by atoms with E-state index in [1.807, 2.05) is 33.8 Å². The lowest BCUT2D eigenvalue weighted by Crippen LogP contribution is -2.13. The van der Waals surface area contributed by atoms with E-state index in [1.54, 1.807) is 12.4 Å². The third kappa shape index (κ3) is 3.06. The van der Waals surface area contributed by atoms with Gasteiger partial charge >= 0.3 is 6.08 Å². The fourth-order valence-electron chi connectivity index (χ4n) is 1.41. The van der Waals surface area contributed by atoms with Crippen molar-refractivity contribution in [3.8, 4) is 6.08 Å². The largest absolute Gasteiger partial charge is 0.444 e. The van der Waals surface area contributed by atoms with Gasteiger partial charge in [-0.25, -0.2) is 0 Å². The summed E-state index contributed by atoms with van der Waals surface area (Å²) < 4.78 is 10.5. The molecule has 18 heavy (non-hydrogen) atoms. The number of aromatic nitrogens is 3. The van der Waals surface area contributed by atoms with Crippen LogP contribution in [-0.2, 0) is 12.0 Å². The first-order valence-electron chi connectivity index (χ1n) is 5.82. The predicted molar refractivity (Wildman–Crippen MR) is 66.3 cm³/mol. The fourth-order valence-corrected chi connectivity index (χ4v) is 1.41. The number of hydrogen-bond donors (Lipinski definition) is 0. The Morgan fingerprint density at radius 1 is 1.28 bits per heavy atom. The lowest BCUT2D eigenvalue weighted by molar-refractivity contribution is 0.194. The molecule has 0 N–H and O–H groups in total. The Morgan fingerprint density at radius 2 is 2.06 bits per heavy atom.